The van der Waals surface area contributed by atoms with Crippen LogP contribution in [0.15, 0.2) is 42.5 Å². The quantitative estimate of drug-likeness (QED) is 0.760. The Hall–Kier alpha value is -1.77. The van der Waals surface area contributed by atoms with Gasteiger partial charge in [0, 0.05) is 6.54 Å². The first-order valence-electron chi connectivity index (χ1n) is 6.98. The number of benzene rings is 1. The Kier molecular flexibility index (Phi) is 3.53. The number of nitrogens with zero attached hydrogens (tertiary/aromatic N) is 1. The first-order chi connectivity index (χ1) is 9.34. The van der Waals surface area contributed by atoms with Crippen LogP contribution in [0.2, 0.25) is 0 Å². The molecule has 1 saturated heterocycles. The average molecular weight is 257 g/mol. The van der Waals surface area contributed by atoms with Crippen LogP contribution in [0.3, 0.4) is 0 Å². The molecule has 2 aliphatic rings. The number of carbonyl (C=O) groups excluding carboxylic acids is 1. The number of hydrogen-bond donors (Lipinski definition) is 0. The minimum Gasteiger partial charge on any atom is -0.445 e. The van der Waals surface area contributed by atoms with E-state index in [0.717, 1.165) is 24.9 Å². The molecule has 0 aromatic heterocycles. The van der Waals surface area contributed by atoms with Gasteiger partial charge in [-0.05, 0) is 30.7 Å². The zero-order chi connectivity index (χ0) is 13.1. The molecule has 0 unspecified atom stereocenters. The van der Waals surface area contributed by atoms with Crippen LogP contribution < -0.4 is 0 Å². The standard InChI is InChI=1S/C16H19NO2/c18-16(19-12-13-6-2-1-3-7-13)17-11-10-14-8-4-5-9-15(14)17/h1-3,5-7,9,14-15H,4,8,10-12H2/t14-,15-/m0/s1. The molecular formula is C16H19NO2. The van der Waals surface area contributed by atoms with E-state index in [9.17, 15) is 4.79 Å². The highest BCUT2D eigenvalue weighted by atomic mass is 16.6. The fourth-order valence-corrected chi connectivity index (χ4v) is 3.02. The maximum absolute atomic E-state index is 12.1. The van der Waals surface area contributed by atoms with E-state index in [2.05, 4.69) is 12.2 Å². The van der Waals surface area contributed by atoms with E-state index in [1.54, 1.807) is 0 Å². The molecule has 0 radical (unpaired) electrons. The van der Waals surface area contributed by atoms with Gasteiger partial charge >= 0.3 is 6.09 Å². The van der Waals surface area contributed by atoms with Crippen molar-refractivity contribution in [2.45, 2.75) is 31.9 Å². The summed E-state index contributed by atoms with van der Waals surface area (Å²) in [6.07, 6.45) is 7.63. The molecule has 0 N–H and O–H groups in total. The van der Waals surface area contributed by atoms with Crippen molar-refractivity contribution in [3.8, 4) is 0 Å². The molecular weight excluding hydrogens is 238 g/mol. The molecule has 1 aromatic carbocycles. The maximum atomic E-state index is 12.1. The van der Waals surface area contributed by atoms with Gasteiger partial charge in [-0.1, -0.05) is 42.5 Å². The van der Waals surface area contributed by atoms with Crippen molar-refractivity contribution >= 4 is 6.09 Å². The summed E-state index contributed by atoms with van der Waals surface area (Å²) in [4.78, 5) is 14.0. The Balaban J connectivity index is 1.59. The number of likely N-dealkylation sites (tertiary alicyclic amines) is 1. The van der Waals surface area contributed by atoms with Crippen molar-refractivity contribution in [2.75, 3.05) is 6.54 Å². The van der Waals surface area contributed by atoms with Gasteiger partial charge in [0.25, 0.3) is 0 Å². The van der Waals surface area contributed by atoms with E-state index in [4.69, 9.17) is 4.74 Å². The van der Waals surface area contributed by atoms with E-state index < -0.39 is 0 Å². The topological polar surface area (TPSA) is 29.5 Å². The highest BCUT2D eigenvalue weighted by Crippen LogP contribution is 2.32. The normalized spacial score (nSPS) is 25.2. The summed E-state index contributed by atoms with van der Waals surface area (Å²) < 4.78 is 5.41. The van der Waals surface area contributed by atoms with Crippen LogP contribution in [0.5, 0.6) is 0 Å². The van der Waals surface area contributed by atoms with Crippen LogP contribution in [-0.2, 0) is 11.3 Å². The van der Waals surface area contributed by atoms with Crippen molar-refractivity contribution in [1.82, 2.24) is 4.90 Å². The zero-order valence-electron chi connectivity index (χ0n) is 11.0. The monoisotopic (exact) mass is 257 g/mol. The van der Waals surface area contributed by atoms with E-state index in [1.807, 2.05) is 35.2 Å². The lowest BCUT2D eigenvalue weighted by atomic mass is 9.90. The summed E-state index contributed by atoms with van der Waals surface area (Å²) in [7, 11) is 0. The SMILES string of the molecule is O=C(OCc1ccccc1)N1CC[C@@H]2CCC=C[C@@H]21. The lowest BCUT2D eigenvalue weighted by Gasteiger charge is -2.27. The van der Waals surface area contributed by atoms with Crippen LogP contribution in [0, 0.1) is 5.92 Å². The lowest BCUT2D eigenvalue weighted by Crippen LogP contribution is -2.37. The fraction of sp³-hybridized carbons (Fsp3) is 0.438. The Bertz CT molecular complexity index is 469. The van der Waals surface area contributed by atoms with Gasteiger partial charge in [0.2, 0.25) is 0 Å². The molecule has 3 heteroatoms. The molecule has 1 heterocycles. The molecule has 19 heavy (non-hydrogen) atoms. The van der Waals surface area contributed by atoms with Crippen molar-refractivity contribution in [1.29, 1.82) is 0 Å². The Morgan fingerprint density at radius 3 is 2.95 bits per heavy atom. The summed E-state index contributed by atoms with van der Waals surface area (Å²) >= 11 is 0. The van der Waals surface area contributed by atoms with Crippen molar-refractivity contribution in [3.63, 3.8) is 0 Å². The molecule has 3 nitrogen and oxygen atoms in total. The number of fused-ring (bicyclic) bond motifs is 1. The summed E-state index contributed by atoms with van der Waals surface area (Å²) in [6.45, 7) is 1.19. The fourth-order valence-electron chi connectivity index (χ4n) is 3.02. The zero-order valence-corrected chi connectivity index (χ0v) is 11.0. The molecule has 0 bridgehead atoms. The number of ether oxygens (including phenoxy) is 1. The van der Waals surface area contributed by atoms with E-state index in [1.165, 1.54) is 6.42 Å². The average Bonchev–Trinajstić information content (AvgIpc) is 2.90. The molecule has 2 atom stereocenters. The first kappa shape index (κ1) is 12.3. The van der Waals surface area contributed by atoms with Gasteiger partial charge in [0.1, 0.15) is 6.61 Å². The van der Waals surface area contributed by atoms with Crippen LogP contribution in [-0.4, -0.2) is 23.6 Å². The molecule has 0 spiro atoms. The predicted molar refractivity (Wildman–Crippen MR) is 73.6 cm³/mol. The second kappa shape index (κ2) is 5.47. The van der Waals surface area contributed by atoms with E-state index >= 15 is 0 Å². The molecule has 1 fully saturated rings. The largest absolute Gasteiger partial charge is 0.445 e. The number of hydrogen-bond acceptors (Lipinski definition) is 2. The second-order valence-corrected chi connectivity index (χ2v) is 5.28. The second-order valence-electron chi connectivity index (χ2n) is 5.28. The third-order valence-electron chi connectivity index (χ3n) is 4.06. The third kappa shape index (κ3) is 2.65. The van der Waals surface area contributed by atoms with Gasteiger partial charge in [-0.3, -0.25) is 0 Å². The van der Waals surface area contributed by atoms with E-state index in [-0.39, 0.29) is 12.1 Å². The van der Waals surface area contributed by atoms with Crippen molar-refractivity contribution < 1.29 is 9.53 Å². The van der Waals surface area contributed by atoms with Crippen LogP contribution in [0.4, 0.5) is 4.79 Å². The van der Waals surface area contributed by atoms with Gasteiger partial charge < -0.3 is 9.64 Å². The minimum atomic E-state index is -0.178. The van der Waals surface area contributed by atoms with Crippen LogP contribution in [0.25, 0.3) is 0 Å². The summed E-state index contributed by atoms with van der Waals surface area (Å²) in [5.41, 5.74) is 1.03. The van der Waals surface area contributed by atoms with Crippen LogP contribution in [0.1, 0.15) is 24.8 Å². The highest BCUT2D eigenvalue weighted by molar-refractivity contribution is 5.69. The third-order valence-corrected chi connectivity index (χ3v) is 4.06. The number of amides is 1. The number of allylic oxidation sites excluding steroid dienone is 1. The smallest absolute Gasteiger partial charge is 0.410 e. The molecule has 100 valence electrons. The van der Waals surface area contributed by atoms with Gasteiger partial charge in [0.15, 0.2) is 0 Å². The summed E-state index contributed by atoms with van der Waals surface area (Å²) in [5.74, 6) is 0.634. The highest BCUT2D eigenvalue weighted by Gasteiger charge is 2.36. The number of rotatable bonds is 2. The first-order valence-corrected chi connectivity index (χ1v) is 6.98. The maximum Gasteiger partial charge on any atom is 0.410 e. The van der Waals surface area contributed by atoms with Crippen molar-refractivity contribution in [3.05, 3.63) is 48.0 Å². The Morgan fingerprint density at radius 1 is 1.26 bits per heavy atom. The van der Waals surface area contributed by atoms with Gasteiger partial charge in [-0.15, -0.1) is 0 Å². The van der Waals surface area contributed by atoms with Gasteiger partial charge in [-0.25, -0.2) is 4.79 Å². The molecule has 1 aliphatic carbocycles. The van der Waals surface area contributed by atoms with Crippen molar-refractivity contribution in [2.24, 2.45) is 5.92 Å². The molecule has 0 saturated carbocycles. The molecule has 1 aliphatic heterocycles. The summed E-state index contributed by atoms with van der Waals surface area (Å²) in [5, 5.41) is 0. The Labute approximate surface area is 113 Å². The minimum absolute atomic E-state index is 0.178. The van der Waals surface area contributed by atoms with E-state index in [0.29, 0.717) is 12.5 Å². The number of carbonyl (C=O) groups is 1. The predicted octanol–water partition coefficient (Wildman–Crippen LogP) is 3.36. The summed E-state index contributed by atoms with van der Waals surface area (Å²) in [6, 6.07) is 10.1. The lowest BCUT2D eigenvalue weighted by molar-refractivity contribution is 0.0941. The Morgan fingerprint density at radius 2 is 2.11 bits per heavy atom. The molecule has 1 aromatic rings. The molecule has 1 amide bonds. The van der Waals surface area contributed by atoms with Gasteiger partial charge in [0.05, 0.1) is 6.04 Å². The van der Waals surface area contributed by atoms with Gasteiger partial charge in [-0.2, -0.15) is 0 Å². The van der Waals surface area contributed by atoms with Crippen LogP contribution >= 0.6 is 0 Å². The molecule has 3 rings (SSSR count).